The molecule has 2 amide bonds. The summed E-state index contributed by atoms with van der Waals surface area (Å²) in [6.45, 7) is 2.07. The van der Waals surface area contributed by atoms with E-state index >= 15 is 0 Å². The van der Waals surface area contributed by atoms with Crippen LogP contribution in [0.1, 0.15) is 23.1 Å². The Balaban J connectivity index is 1.53. The molecule has 1 saturated heterocycles. The summed E-state index contributed by atoms with van der Waals surface area (Å²) in [4.78, 5) is 12.9. The van der Waals surface area contributed by atoms with Gasteiger partial charge >= 0.3 is 12.4 Å². The summed E-state index contributed by atoms with van der Waals surface area (Å²) < 4.78 is 69.9. The van der Waals surface area contributed by atoms with E-state index < -0.39 is 23.8 Å². The summed E-state index contributed by atoms with van der Waals surface area (Å²) in [6, 6.07) is 12.3. The Hall–Kier alpha value is -3.84. The lowest BCUT2D eigenvalue weighted by molar-refractivity contribution is -0.274. The van der Waals surface area contributed by atoms with Crippen LogP contribution >= 0.6 is 0 Å². The largest absolute Gasteiger partial charge is 0.573 e. The van der Waals surface area contributed by atoms with Gasteiger partial charge in [-0.25, -0.2) is 13.9 Å². The standard InChI is InChI=1S/C26H29F4N5O4/c1-17-22(33-24(36)32-13-19-12-18(14-37-2)8-9-21(19)39-26(28,29)30)35(20-6-4-3-5-7-20)34-23(17)38-16-25(27)10-11-31-15-25/h3-9,12,31H,10-11,13-16H2,1-2H3,(H2,32,33,36). The molecule has 2 heterocycles. The molecule has 0 bridgehead atoms. The van der Waals surface area contributed by atoms with Gasteiger partial charge < -0.3 is 24.8 Å². The lowest BCUT2D eigenvalue weighted by Crippen LogP contribution is -2.33. The van der Waals surface area contributed by atoms with Crippen molar-refractivity contribution in [2.24, 2.45) is 0 Å². The Morgan fingerprint density at radius 2 is 1.97 bits per heavy atom. The third-order valence-electron chi connectivity index (χ3n) is 6.07. The van der Waals surface area contributed by atoms with Gasteiger partial charge in [0.05, 0.1) is 17.9 Å². The molecule has 3 N–H and O–H groups in total. The van der Waals surface area contributed by atoms with E-state index in [9.17, 15) is 22.4 Å². The average Bonchev–Trinajstić information content (AvgIpc) is 3.46. The number of urea groups is 1. The van der Waals surface area contributed by atoms with Crippen molar-refractivity contribution < 1.29 is 36.6 Å². The lowest BCUT2D eigenvalue weighted by atomic mass is 10.1. The Morgan fingerprint density at radius 1 is 1.21 bits per heavy atom. The summed E-state index contributed by atoms with van der Waals surface area (Å²) in [7, 11) is 1.46. The van der Waals surface area contributed by atoms with Gasteiger partial charge in [-0.15, -0.1) is 18.3 Å². The van der Waals surface area contributed by atoms with Crippen LogP contribution in [0.5, 0.6) is 11.6 Å². The average molecular weight is 552 g/mol. The number of methoxy groups -OCH3 is 1. The number of hydrogen-bond acceptors (Lipinski definition) is 6. The highest BCUT2D eigenvalue weighted by Gasteiger charge is 2.35. The van der Waals surface area contributed by atoms with Gasteiger partial charge in [-0.3, -0.25) is 5.32 Å². The lowest BCUT2D eigenvalue weighted by Gasteiger charge is -2.17. The van der Waals surface area contributed by atoms with Crippen LogP contribution in [0.3, 0.4) is 0 Å². The SMILES string of the molecule is COCc1ccc(OC(F)(F)F)c(CNC(=O)Nc2c(C)c(OCC3(F)CCNC3)nn2-c2ccccc2)c1. The number of amides is 2. The van der Waals surface area contributed by atoms with Crippen LogP contribution < -0.4 is 25.4 Å². The van der Waals surface area contributed by atoms with E-state index in [0.717, 1.165) is 0 Å². The molecule has 1 unspecified atom stereocenters. The number of nitrogens with one attached hydrogen (secondary N) is 3. The maximum absolute atomic E-state index is 14.9. The highest BCUT2D eigenvalue weighted by Crippen LogP contribution is 2.31. The molecule has 4 rings (SSSR count). The molecular weight excluding hydrogens is 522 g/mol. The second kappa shape index (κ2) is 11.9. The van der Waals surface area contributed by atoms with Crippen LogP contribution in [-0.2, 0) is 17.9 Å². The van der Waals surface area contributed by atoms with Gasteiger partial charge in [-0.1, -0.05) is 24.3 Å². The van der Waals surface area contributed by atoms with Gasteiger partial charge in [-0.2, -0.15) is 0 Å². The molecule has 13 heteroatoms. The molecule has 0 spiro atoms. The van der Waals surface area contributed by atoms with Crippen LogP contribution in [0.15, 0.2) is 48.5 Å². The Bertz CT molecular complexity index is 1280. The number of aromatic nitrogens is 2. The normalized spacial score (nSPS) is 17.2. The zero-order valence-corrected chi connectivity index (χ0v) is 21.4. The number of anilines is 1. The number of rotatable bonds is 10. The van der Waals surface area contributed by atoms with E-state index in [1.54, 1.807) is 31.2 Å². The maximum atomic E-state index is 14.9. The number of para-hydroxylation sites is 1. The fourth-order valence-electron chi connectivity index (χ4n) is 4.13. The molecule has 1 aliphatic heterocycles. The van der Waals surface area contributed by atoms with Crippen LogP contribution in [-0.4, -0.2) is 54.6 Å². The van der Waals surface area contributed by atoms with E-state index in [2.05, 4.69) is 25.8 Å². The molecule has 1 aliphatic rings. The van der Waals surface area contributed by atoms with Gasteiger partial charge in [0.2, 0.25) is 5.88 Å². The number of hydrogen-bond donors (Lipinski definition) is 3. The van der Waals surface area contributed by atoms with Crippen molar-refractivity contribution >= 4 is 11.8 Å². The number of ether oxygens (including phenoxy) is 3. The Kier molecular flexibility index (Phi) is 8.60. The molecule has 39 heavy (non-hydrogen) atoms. The van der Waals surface area contributed by atoms with E-state index in [1.807, 2.05) is 6.07 Å². The van der Waals surface area contributed by atoms with E-state index in [0.29, 0.717) is 29.8 Å². The molecule has 9 nitrogen and oxygen atoms in total. The molecular formula is C26H29F4N5O4. The number of halogens is 4. The van der Waals surface area contributed by atoms with E-state index in [1.165, 1.54) is 30.0 Å². The van der Waals surface area contributed by atoms with Crippen LogP contribution in [0.25, 0.3) is 5.69 Å². The van der Waals surface area contributed by atoms with Crippen molar-refractivity contribution in [3.05, 3.63) is 65.2 Å². The van der Waals surface area contributed by atoms with Crippen molar-refractivity contribution in [2.75, 3.05) is 32.1 Å². The quantitative estimate of drug-likeness (QED) is 0.318. The summed E-state index contributed by atoms with van der Waals surface area (Å²) in [5.41, 5.74) is 0.240. The molecule has 0 aliphatic carbocycles. The number of carbonyl (C=O) groups is 1. The van der Waals surface area contributed by atoms with Crippen molar-refractivity contribution in [3.8, 4) is 17.3 Å². The minimum atomic E-state index is -4.90. The van der Waals surface area contributed by atoms with Crippen molar-refractivity contribution in [1.82, 2.24) is 20.4 Å². The number of nitrogens with zero attached hydrogens (tertiary/aromatic N) is 2. The molecule has 3 aromatic rings. The van der Waals surface area contributed by atoms with E-state index in [4.69, 9.17) is 9.47 Å². The molecule has 0 radical (unpaired) electrons. The van der Waals surface area contributed by atoms with Crippen molar-refractivity contribution in [3.63, 3.8) is 0 Å². The van der Waals surface area contributed by atoms with Crippen molar-refractivity contribution in [1.29, 1.82) is 0 Å². The summed E-state index contributed by atoms with van der Waals surface area (Å²) in [5.74, 6) is -0.0392. The van der Waals surface area contributed by atoms with Crippen LogP contribution in [0.4, 0.5) is 28.2 Å². The highest BCUT2D eigenvalue weighted by atomic mass is 19.4. The van der Waals surface area contributed by atoms with Crippen molar-refractivity contribution in [2.45, 2.75) is 38.5 Å². The highest BCUT2D eigenvalue weighted by molar-refractivity contribution is 5.89. The predicted molar refractivity (Wildman–Crippen MR) is 135 cm³/mol. The first-order valence-electron chi connectivity index (χ1n) is 12.2. The second-order valence-electron chi connectivity index (χ2n) is 9.12. The zero-order valence-electron chi connectivity index (χ0n) is 21.4. The molecule has 1 aromatic heterocycles. The molecule has 0 saturated carbocycles. The zero-order chi connectivity index (χ0) is 28.0. The predicted octanol–water partition coefficient (Wildman–Crippen LogP) is 4.63. The smallest absolute Gasteiger partial charge is 0.473 e. The molecule has 1 fully saturated rings. The summed E-state index contributed by atoms with van der Waals surface area (Å²) in [5, 5.41) is 12.6. The van der Waals surface area contributed by atoms with E-state index in [-0.39, 0.29) is 43.6 Å². The fourth-order valence-corrected chi connectivity index (χ4v) is 4.13. The summed E-state index contributed by atoms with van der Waals surface area (Å²) >= 11 is 0. The molecule has 1 atom stereocenters. The first-order chi connectivity index (χ1) is 18.6. The van der Waals surface area contributed by atoms with Gasteiger partial charge in [0, 0.05) is 25.8 Å². The third kappa shape index (κ3) is 7.39. The molecule has 210 valence electrons. The van der Waals surface area contributed by atoms with Gasteiger partial charge in [0.25, 0.3) is 0 Å². The summed E-state index contributed by atoms with van der Waals surface area (Å²) in [6.07, 6.45) is -4.59. The third-order valence-corrected chi connectivity index (χ3v) is 6.07. The minimum Gasteiger partial charge on any atom is -0.473 e. The Morgan fingerprint density at radius 3 is 2.64 bits per heavy atom. The van der Waals surface area contributed by atoms with Crippen LogP contribution in [0, 0.1) is 6.92 Å². The number of carbonyl (C=O) groups excluding carboxylic acids is 1. The second-order valence-corrected chi connectivity index (χ2v) is 9.12. The van der Waals surface area contributed by atoms with Crippen LogP contribution in [0.2, 0.25) is 0 Å². The topological polar surface area (TPSA) is 98.7 Å². The van der Waals surface area contributed by atoms with Gasteiger partial charge in [-0.05, 0) is 49.7 Å². The first kappa shape index (κ1) is 28.2. The minimum absolute atomic E-state index is 0.104. The monoisotopic (exact) mass is 551 g/mol. The number of benzene rings is 2. The maximum Gasteiger partial charge on any atom is 0.573 e. The Labute approximate surface area is 222 Å². The molecule has 2 aromatic carbocycles. The van der Waals surface area contributed by atoms with Gasteiger partial charge in [0.15, 0.2) is 5.67 Å². The fraction of sp³-hybridized carbons (Fsp3) is 0.385. The first-order valence-corrected chi connectivity index (χ1v) is 12.2. The van der Waals surface area contributed by atoms with Gasteiger partial charge in [0.1, 0.15) is 18.2 Å². The number of alkyl halides is 4.